The minimum atomic E-state index is -0.292. The molecule has 0 spiro atoms. The number of hydrogen-bond donors (Lipinski definition) is 2. The number of rotatable bonds is 3. The summed E-state index contributed by atoms with van der Waals surface area (Å²) in [5.41, 5.74) is 0.901. The first-order valence-corrected chi connectivity index (χ1v) is 6.82. The molecular weight excluding hydrogens is 262 g/mol. The van der Waals surface area contributed by atoms with Crippen LogP contribution >= 0.6 is 11.8 Å². The molecule has 0 fully saturated rings. The van der Waals surface area contributed by atoms with Gasteiger partial charge in [0, 0.05) is 17.5 Å². The van der Waals surface area contributed by atoms with Gasteiger partial charge in [-0.1, -0.05) is 30.0 Å². The number of methoxy groups -OCH3 is 1. The van der Waals surface area contributed by atoms with Crippen LogP contribution < -0.4 is 15.4 Å². The van der Waals surface area contributed by atoms with Crippen molar-refractivity contribution in [1.29, 1.82) is 0 Å². The summed E-state index contributed by atoms with van der Waals surface area (Å²) in [6, 6.07) is 7.28. The molecule has 6 heteroatoms. The van der Waals surface area contributed by atoms with Crippen molar-refractivity contribution in [2.45, 2.75) is 0 Å². The van der Waals surface area contributed by atoms with Gasteiger partial charge in [0.1, 0.15) is 5.75 Å². The third kappa shape index (κ3) is 4.03. The number of amides is 2. The van der Waals surface area contributed by atoms with Gasteiger partial charge in [-0.15, -0.1) is 0 Å². The molecular formula is C13H15N3O2S. The van der Waals surface area contributed by atoms with Gasteiger partial charge in [0.25, 0.3) is 0 Å². The molecule has 19 heavy (non-hydrogen) atoms. The van der Waals surface area contributed by atoms with E-state index in [0.29, 0.717) is 5.17 Å². The Morgan fingerprint density at radius 1 is 1.47 bits per heavy atom. The molecule has 2 rings (SSSR count). The number of carbonyl (C=O) groups excluding carboxylic acids is 1. The fourth-order valence-corrected chi connectivity index (χ4v) is 2.28. The van der Waals surface area contributed by atoms with Gasteiger partial charge >= 0.3 is 6.03 Å². The van der Waals surface area contributed by atoms with E-state index < -0.39 is 0 Å². The zero-order chi connectivity index (χ0) is 13.5. The van der Waals surface area contributed by atoms with Gasteiger partial charge in [-0.2, -0.15) is 0 Å². The maximum Gasteiger partial charge on any atom is 0.324 e. The Morgan fingerprint density at radius 3 is 3.05 bits per heavy atom. The van der Waals surface area contributed by atoms with Crippen LogP contribution in [0.25, 0.3) is 6.08 Å². The zero-order valence-corrected chi connectivity index (χ0v) is 11.4. The summed E-state index contributed by atoms with van der Waals surface area (Å²) in [6.07, 6.45) is 3.36. The minimum Gasteiger partial charge on any atom is -0.496 e. The number of nitrogens with one attached hydrogen (secondary N) is 2. The van der Waals surface area contributed by atoms with Gasteiger partial charge < -0.3 is 10.1 Å². The lowest BCUT2D eigenvalue weighted by atomic mass is 10.2. The van der Waals surface area contributed by atoms with Crippen molar-refractivity contribution in [3.8, 4) is 5.75 Å². The molecule has 0 bridgehead atoms. The number of aliphatic imine (C=N–C) groups is 1. The first kappa shape index (κ1) is 13.5. The Balaban J connectivity index is 1.87. The number of thioether (sulfide) groups is 1. The molecule has 0 saturated carbocycles. The number of para-hydroxylation sites is 1. The Hall–Kier alpha value is -1.95. The van der Waals surface area contributed by atoms with Crippen molar-refractivity contribution < 1.29 is 9.53 Å². The van der Waals surface area contributed by atoms with Gasteiger partial charge in [0.2, 0.25) is 0 Å². The monoisotopic (exact) mass is 277 g/mol. The predicted molar refractivity (Wildman–Crippen MR) is 78.5 cm³/mol. The van der Waals surface area contributed by atoms with Crippen molar-refractivity contribution >= 4 is 29.0 Å². The topological polar surface area (TPSA) is 62.7 Å². The molecule has 0 atom stereocenters. The van der Waals surface area contributed by atoms with Crippen molar-refractivity contribution in [1.82, 2.24) is 10.6 Å². The molecule has 5 nitrogen and oxygen atoms in total. The molecule has 100 valence electrons. The van der Waals surface area contributed by atoms with Crippen LogP contribution in [0.5, 0.6) is 5.75 Å². The second kappa shape index (κ2) is 6.84. The summed E-state index contributed by atoms with van der Waals surface area (Å²) in [4.78, 5) is 15.7. The fraction of sp³-hybridized carbons (Fsp3) is 0.231. The molecule has 2 N–H and O–H groups in total. The van der Waals surface area contributed by atoms with E-state index >= 15 is 0 Å². The second-order valence-electron chi connectivity index (χ2n) is 3.71. The average Bonchev–Trinajstić information content (AvgIpc) is 2.92. The van der Waals surface area contributed by atoms with Gasteiger partial charge in [-0.25, -0.2) is 4.79 Å². The SMILES string of the molecule is COc1ccccc1/C=C/NC(=O)NC1=NCCS1. The van der Waals surface area contributed by atoms with Crippen LogP contribution in [-0.4, -0.2) is 30.6 Å². The first-order valence-electron chi connectivity index (χ1n) is 5.84. The molecule has 1 aromatic carbocycles. The molecule has 0 aliphatic carbocycles. The van der Waals surface area contributed by atoms with Crippen molar-refractivity contribution in [3.05, 3.63) is 36.0 Å². The maximum absolute atomic E-state index is 11.5. The maximum atomic E-state index is 11.5. The van der Waals surface area contributed by atoms with Crippen molar-refractivity contribution in [2.75, 3.05) is 19.4 Å². The first-order chi connectivity index (χ1) is 9.29. The highest BCUT2D eigenvalue weighted by Crippen LogP contribution is 2.18. The largest absolute Gasteiger partial charge is 0.496 e. The van der Waals surface area contributed by atoms with Crippen LogP contribution in [0.2, 0.25) is 0 Å². The summed E-state index contributed by atoms with van der Waals surface area (Å²) in [6.45, 7) is 0.761. The van der Waals surface area contributed by atoms with Gasteiger partial charge in [-0.05, 0) is 12.1 Å². The van der Waals surface area contributed by atoms with E-state index in [0.717, 1.165) is 23.6 Å². The normalized spacial score (nSPS) is 14.3. The lowest BCUT2D eigenvalue weighted by molar-refractivity contribution is 0.248. The summed E-state index contributed by atoms with van der Waals surface area (Å²) in [5, 5.41) is 5.97. The van der Waals surface area contributed by atoms with Crippen molar-refractivity contribution in [2.24, 2.45) is 4.99 Å². The van der Waals surface area contributed by atoms with Crippen LogP contribution in [0.1, 0.15) is 5.56 Å². The molecule has 1 heterocycles. The fourth-order valence-electron chi connectivity index (χ4n) is 1.56. The number of amidine groups is 1. The summed E-state index contributed by atoms with van der Waals surface area (Å²) in [5.74, 6) is 1.68. The van der Waals surface area contributed by atoms with E-state index in [9.17, 15) is 4.79 Å². The van der Waals surface area contributed by atoms with Crippen molar-refractivity contribution in [3.63, 3.8) is 0 Å². The molecule has 2 amide bonds. The van der Waals surface area contributed by atoms with Gasteiger partial charge in [0.05, 0.1) is 13.7 Å². The smallest absolute Gasteiger partial charge is 0.324 e. The zero-order valence-electron chi connectivity index (χ0n) is 10.6. The highest BCUT2D eigenvalue weighted by atomic mass is 32.2. The number of hydrogen-bond acceptors (Lipinski definition) is 4. The summed E-state index contributed by atoms with van der Waals surface area (Å²) < 4.78 is 5.21. The summed E-state index contributed by atoms with van der Waals surface area (Å²) in [7, 11) is 1.61. The number of carbonyl (C=O) groups is 1. The van der Waals surface area contributed by atoms with E-state index in [1.54, 1.807) is 31.1 Å². The molecule has 0 radical (unpaired) electrons. The second-order valence-corrected chi connectivity index (χ2v) is 4.79. The third-order valence-corrected chi connectivity index (χ3v) is 3.31. The average molecular weight is 277 g/mol. The lowest BCUT2D eigenvalue weighted by Gasteiger charge is -2.04. The number of urea groups is 1. The molecule has 1 aliphatic heterocycles. The van der Waals surface area contributed by atoms with Crippen LogP contribution in [0.4, 0.5) is 4.79 Å². The van der Waals surface area contributed by atoms with E-state index in [1.165, 1.54) is 0 Å². The molecule has 1 aliphatic rings. The number of benzene rings is 1. The number of ether oxygens (including phenoxy) is 1. The molecule has 0 unspecified atom stereocenters. The van der Waals surface area contributed by atoms with Gasteiger partial charge in [-0.3, -0.25) is 10.3 Å². The quantitative estimate of drug-likeness (QED) is 0.889. The predicted octanol–water partition coefficient (Wildman–Crippen LogP) is 2.07. The molecule has 0 aromatic heterocycles. The standard InChI is InChI=1S/C13H15N3O2S/c1-18-11-5-3-2-4-10(11)6-7-14-12(17)16-13-15-8-9-19-13/h2-7H,8-9H2,1H3,(H2,14,15,16,17)/b7-6+. The van der Waals surface area contributed by atoms with Crippen LogP contribution in [0, 0.1) is 0 Å². The Morgan fingerprint density at radius 2 is 2.32 bits per heavy atom. The van der Waals surface area contributed by atoms with E-state index in [4.69, 9.17) is 4.74 Å². The van der Waals surface area contributed by atoms with Crippen LogP contribution in [-0.2, 0) is 0 Å². The minimum absolute atomic E-state index is 0.292. The Bertz CT molecular complexity index is 514. The van der Waals surface area contributed by atoms with E-state index in [2.05, 4.69) is 15.6 Å². The Kier molecular flexibility index (Phi) is 4.85. The lowest BCUT2D eigenvalue weighted by Crippen LogP contribution is -2.34. The highest BCUT2D eigenvalue weighted by Gasteiger charge is 2.09. The van der Waals surface area contributed by atoms with Gasteiger partial charge in [0.15, 0.2) is 5.17 Å². The Labute approximate surface area is 116 Å². The van der Waals surface area contributed by atoms with E-state index in [1.807, 2.05) is 24.3 Å². The van der Waals surface area contributed by atoms with Crippen LogP contribution in [0.15, 0.2) is 35.5 Å². The third-order valence-electron chi connectivity index (χ3n) is 2.42. The van der Waals surface area contributed by atoms with Crippen LogP contribution in [0.3, 0.4) is 0 Å². The summed E-state index contributed by atoms with van der Waals surface area (Å²) >= 11 is 1.54. The number of nitrogens with zero attached hydrogens (tertiary/aromatic N) is 1. The van der Waals surface area contributed by atoms with E-state index in [-0.39, 0.29) is 6.03 Å². The molecule has 1 aromatic rings. The highest BCUT2D eigenvalue weighted by molar-refractivity contribution is 8.14. The molecule has 0 saturated heterocycles.